The predicted molar refractivity (Wildman–Crippen MR) is 112 cm³/mol. The number of rotatable bonds is 7. The molecule has 8 heteroatoms. The lowest BCUT2D eigenvalue weighted by molar-refractivity contribution is -0.119. The number of carbonyl (C=O) groups excluding carboxylic acids is 1. The number of hydrogen-bond donors (Lipinski definition) is 1. The van der Waals surface area contributed by atoms with Gasteiger partial charge in [0.25, 0.3) is 5.91 Å². The Kier molecular flexibility index (Phi) is 7.04. The van der Waals surface area contributed by atoms with Gasteiger partial charge in [-0.2, -0.15) is 5.10 Å². The van der Waals surface area contributed by atoms with Crippen LogP contribution in [0.5, 0.6) is 0 Å². The van der Waals surface area contributed by atoms with Crippen LogP contribution in [0.1, 0.15) is 16.7 Å². The highest BCUT2D eigenvalue weighted by atomic mass is 32.2. The van der Waals surface area contributed by atoms with Crippen molar-refractivity contribution in [2.24, 2.45) is 5.10 Å². The Morgan fingerprint density at radius 2 is 1.85 bits per heavy atom. The van der Waals surface area contributed by atoms with Gasteiger partial charge in [-0.1, -0.05) is 24.3 Å². The molecule has 0 spiro atoms. The van der Waals surface area contributed by atoms with E-state index >= 15 is 0 Å². The third-order valence-electron chi connectivity index (χ3n) is 3.84. The van der Waals surface area contributed by atoms with Gasteiger partial charge in [0, 0.05) is 4.90 Å². The lowest BCUT2D eigenvalue weighted by atomic mass is 10.1. The molecule has 6 nitrogen and oxygen atoms in total. The molecule has 2 rings (SSSR count). The first kappa shape index (κ1) is 21.0. The number of benzene rings is 2. The first-order chi connectivity index (χ1) is 12.7. The maximum atomic E-state index is 12.2. The monoisotopic (exact) mass is 405 g/mol. The molecule has 0 heterocycles. The van der Waals surface area contributed by atoms with Gasteiger partial charge in [0.05, 0.1) is 18.2 Å². The molecule has 0 bridgehead atoms. The Morgan fingerprint density at radius 1 is 1.19 bits per heavy atom. The van der Waals surface area contributed by atoms with Crippen molar-refractivity contribution in [2.75, 3.05) is 23.4 Å². The summed E-state index contributed by atoms with van der Waals surface area (Å²) in [6.45, 7) is 3.34. The molecule has 0 aliphatic rings. The zero-order valence-corrected chi connectivity index (χ0v) is 17.4. The van der Waals surface area contributed by atoms with Gasteiger partial charge in [0.1, 0.15) is 6.54 Å². The van der Waals surface area contributed by atoms with E-state index < -0.39 is 15.9 Å². The van der Waals surface area contributed by atoms with Crippen LogP contribution in [0.2, 0.25) is 0 Å². The van der Waals surface area contributed by atoms with E-state index in [-0.39, 0.29) is 6.54 Å². The van der Waals surface area contributed by atoms with Crippen molar-refractivity contribution in [1.82, 2.24) is 5.43 Å². The van der Waals surface area contributed by atoms with E-state index in [9.17, 15) is 13.2 Å². The summed E-state index contributed by atoms with van der Waals surface area (Å²) in [4.78, 5) is 13.4. The molecule has 1 N–H and O–H groups in total. The zero-order valence-electron chi connectivity index (χ0n) is 15.8. The minimum absolute atomic E-state index is 0.341. The molecule has 0 saturated heterocycles. The largest absolute Gasteiger partial charge is 0.271 e. The number of hydrazone groups is 1. The van der Waals surface area contributed by atoms with Crippen molar-refractivity contribution in [3.05, 3.63) is 59.2 Å². The summed E-state index contributed by atoms with van der Waals surface area (Å²) in [5, 5.41) is 3.91. The van der Waals surface area contributed by atoms with Crippen LogP contribution in [0.25, 0.3) is 0 Å². The number of hydrogen-bond acceptors (Lipinski definition) is 5. The van der Waals surface area contributed by atoms with Crippen molar-refractivity contribution < 1.29 is 13.2 Å². The summed E-state index contributed by atoms with van der Waals surface area (Å²) in [7, 11) is -3.62. The minimum Gasteiger partial charge on any atom is -0.271 e. The van der Waals surface area contributed by atoms with Gasteiger partial charge in [-0.15, -0.1) is 11.8 Å². The third kappa shape index (κ3) is 6.11. The summed E-state index contributed by atoms with van der Waals surface area (Å²) in [6, 6.07) is 13.2. The highest BCUT2D eigenvalue weighted by Gasteiger charge is 2.22. The van der Waals surface area contributed by atoms with Crippen LogP contribution in [-0.2, 0) is 14.8 Å². The average Bonchev–Trinajstić information content (AvgIpc) is 2.61. The Bertz CT molecular complexity index is 939. The molecule has 144 valence electrons. The van der Waals surface area contributed by atoms with Crippen molar-refractivity contribution in [1.29, 1.82) is 0 Å². The van der Waals surface area contributed by atoms with Crippen molar-refractivity contribution >= 4 is 39.6 Å². The number of carbonyl (C=O) groups is 1. The molecular weight excluding hydrogens is 382 g/mol. The van der Waals surface area contributed by atoms with Gasteiger partial charge in [-0.25, -0.2) is 13.8 Å². The lowest BCUT2D eigenvalue weighted by Crippen LogP contribution is -2.39. The van der Waals surface area contributed by atoms with Gasteiger partial charge >= 0.3 is 0 Å². The first-order valence-corrected chi connectivity index (χ1v) is 11.3. The van der Waals surface area contributed by atoms with E-state index in [4.69, 9.17) is 0 Å². The fourth-order valence-corrected chi connectivity index (χ4v) is 3.72. The van der Waals surface area contributed by atoms with Crippen molar-refractivity contribution in [2.45, 2.75) is 18.7 Å². The molecular formula is C19H23N3O3S2. The molecule has 0 aromatic heterocycles. The highest BCUT2D eigenvalue weighted by molar-refractivity contribution is 7.98. The second-order valence-corrected chi connectivity index (χ2v) is 8.91. The van der Waals surface area contributed by atoms with Crippen LogP contribution >= 0.6 is 11.8 Å². The maximum absolute atomic E-state index is 12.2. The van der Waals surface area contributed by atoms with Crippen LogP contribution < -0.4 is 9.73 Å². The Labute approximate surface area is 164 Å². The molecule has 0 unspecified atom stereocenters. The van der Waals surface area contributed by atoms with Crippen LogP contribution in [0.3, 0.4) is 0 Å². The van der Waals surface area contributed by atoms with E-state index in [0.29, 0.717) is 5.69 Å². The molecule has 0 fully saturated rings. The van der Waals surface area contributed by atoms with E-state index in [1.165, 1.54) is 6.21 Å². The molecule has 0 radical (unpaired) electrons. The summed E-state index contributed by atoms with van der Waals surface area (Å²) >= 11 is 1.64. The van der Waals surface area contributed by atoms with Gasteiger partial charge in [0.2, 0.25) is 10.0 Å². The molecule has 1 amide bonds. The van der Waals surface area contributed by atoms with Gasteiger partial charge in [-0.05, 0) is 55.0 Å². The summed E-state index contributed by atoms with van der Waals surface area (Å²) in [5.74, 6) is -0.515. The van der Waals surface area contributed by atoms with E-state index in [1.807, 2.05) is 49.6 Å². The first-order valence-electron chi connectivity index (χ1n) is 8.21. The zero-order chi connectivity index (χ0) is 20.0. The molecule has 2 aromatic carbocycles. The minimum atomic E-state index is -3.62. The standard InChI is InChI=1S/C19H23N3O3S2/c1-14-5-6-15(2)18(11-14)22(27(4,24)25)13-19(23)21-20-12-16-7-9-17(26-3)10-8-16/h5-12H,13H2,1-4H3,(H,21,23)/b20-12-. The summed E-state index contributed by atoms with van der Waals surface area (Å²) < 4.78 is 25.5. The number of anilines is 1. The SMILES string of the molecule is CSc1ccc(/C=N\NC(=O)CN(c2cc(C)ccc2C)S(C)(=O)=O)cc1. The number of thioether (sulfide) groups is 1. The van der Waals surface area contributed by atoms with Crippen LogP contribution in [0.4, 0.5) is 5.69 Å². The smallest absolute Gasteiger partial charge is 0.260 e. The van der Waals surface area contributed by atoms with Gasteiger partial charge in [-0.3, -0.25) is 9.10 Å². The molecule has 0 aliphatic heterocycles. The molecule has 27 heavy (non-hydrogen) atoms. The molecule has 2 aromatic rings. The number of amides is 1. The topological polar surface area (TPSA) is 78.8 Å². The van der Waals surface area contributed by atoms with Crippen molar-refractivity contribution in [3.8, 4) is 0 Å². The predicted octanol–water partition coefficient (Wildman–Crippen LogP) is 2.94. The van der Waals surface area contributed by atoms with E-state index in [2.05, 4.69) is 10.5 Å². The number of nitrogens with one attached hydrogen (secondary N) is 1. The second kappa shape index (κ2) is 9.05. The molecule has 0 atom stereocenters. The summed E-state index contributed by atoms with van der Waals surface area (Å²) in [5.41, 5.74) is 5.40. The normalized spacial score (nSPS) is 11.6. The Balaban J connectivity index is 2.10. The molecule has 0 aliphatic carbocycles. The molecule has 0 saturated carbocycles. The van der Waals surface area contributed by atoms with Crippen LogP contribution in [-0.4, -0.2) is 39.6 Å². The number of sulfonamides is 1. The average molecular weight is 406 g/mol. The fourth-order valence-electron chi connectivity index (χ4n) is 2.40. The van der Waals surface area contributed by atoms with E-state index in [1.54, 1.807) is 24.8 Å². The second-order valence-electron chi connectivity index (χ2n) is 6.13. The van der Waals surface area contributed by atoms with Crippen molar-refractivity contribution in [3.63, 3.8) is 0 Å². The number of nitrogens with zero attached hydrogens (tertiary/aromatic N) is 2. The van der Waals surface area contributed by atoms with Crippen LogP contribution in [0, 0.1) is 13.8 Å². The Morgan fingerprint density at radius 3 is 2.44 bits per heavy atom. The number of aryl methyl sites for hydroxylation is 2. The third-order valence-corrected chi connectivity index (χ3v) is 5.71. The van der Waals surface area contributed by atoms with Gasteiger partial charge < -0.3 is 0 Å². The quantitative estimate of drug-likeness (QED) is 0.436. The lowest BCUT2D eigenvalue weighted by Gasteiger charge is -2.23. The Hall–Kier alpha value is -2.32. The maximum Gasteiger partial charge on any atom is 0.260 e. The highest BCUT2D eigenvalue weighted by Crippen LogP contribution is 2.23. The van der Waals surface area contributed by atoms with Crippen LogP contribution in [0.15, 0.2) is 52.5 Å². The summed E-state index contributed by atoms with van der Waals surface area (Å²) in [6.07, 6.45) is 4.59. The van der Waals surface area contributed by atoms with E-state index in [0.717, 1.165) is 32.1 Å². The van der Waals surface area contributed by atoms with Gasteiger partial charge in [0.15, 0.2) is 0 Å². The fraction of sp³-hybridized carbons (Fsp3) is 0.263.